The van der Waals surface area contributed by atoms with Gasteiger partial charge in [-0.1, -0.05) is 49.4 Å². The summed E-state index contributed by atoms with van der Waals surface area (Å²) in [5, 5.41) is 2.67. The van der Waals surface area contributed by atoms with E-state index in [-0.39, 0.29) is 31.8 Å². The Morgan fingerprint density at radius 3 is 2.46 bits per heavy atom. The molecule has 1 aromatic heterocycles. The highest BCUT2D eigenvalue weighted by Gasteiger charge is 2.38. The minimum Gasteiger partial charge on any atom is -0.434 e. The smallest absolute Gasteiger partial charge is 0.266 e. The number of amides is 2. The molecule has 0 aliphatic carbocycles. The highest BCUT2D eigenvalue weighted by atomic mass is 19.1. The summed E-state index contributed by atoms with van der Waals surface area (Å²) in [5.74, 6) is -3.23. The summed E-state index contributed by atoms with van der Waals surface area (Å²) in [6, 6.07) is 15.7. The summed E-state index contributed by atoms with van der Waals surface area (Å²) in [4.78, 5) is 45.0. The van der Waals surface area contributed by atoms with Gasteiger partial charge in [0.25, 0.3) is 11.8 Å². The zero-order valence-electron chi connectivity index (χ0n) is 20.9. The lowest BCUT2D eigenvalue weighted by atomic mass is 9.92. The maximum Gasteiger partial charge on any atom is 0.266 e. The van der Waals surface area contributed by atoms with Crippen LogP contribution < -0.4 is 5.32 Å². The summed E-state index contributed by atoms with van der Waals surface area (Å²) in [6.07, 6.45) is -0.456. The maximum absolute atomic E-state index is 15.6. The van der Waals surface area contributed by atoms with E-state index in [1.54, 1.807) is 31.2 Å². The molecule has 2 heterocycles. The molecule has 0 radical (unpaired) electrons. The average molecular weight is 510 g/mol. The number of ether oxygens (including phenoxy) is 1. The van der Waals surface area contributed by atoms with E-state index in [9.17, 15) is 14.4 Å². The summed E-state index contributed by atoms with van der Waals surface area (Å²) in [6.45, 7) is 2.97. The molecule has 1 N–H and O–H groups in total. The Morgan fingerprint density at radius 2 is 1.76 bits per heavy atom. The number of aryl methyl sites for hydroxylation is 1. The Kier molecular flexibility index (Phi) is 9.00. The third-order valence-corrected chi connectivity index (χ3v) is 6.62. The number of benzene rings is 2. The molecule has 2 unspecified atom stereocenters. The van der Waals surface area contributed by atoms with E-state index in [1.165, 1.54) is 4.90 Å². The fraction of sp³-hybridized carbons (Fsp3) is 0.429. The Hall–Kier alpha value is -3.59. The van der Waals surface area contributed by atoms with Gasteiger partial charge in [-0.25, -0.2) is 9.37 Å². The zero-order chi connectivity index (χ0) is 26.2. The zero-order valence-corrected chi connectivity index (χ0v) is 20.9. The van der Waals surface area contributed by atoms with Crippen LogP contribution in [0.15, 0.2) is 59.0 Å². The van der Waals surface area contributed by atoms with Crippen molar-refractivity contribution >= 4 is 28.7 Å². The first-order chi connectivity index (χ1) is 18.0. The van der Waals surface area contributed by atoms with Gasteiger partial charge in [-0.15, -0.1) is 0 Å². The lowest BCUT2D eigenvalue weighted by Crippen LogP contribution is -2.51. The number of hydrogen-bond acceptors (Lipinski definition) is 6. The van der Waals surface area contributed by atoms with Gasteiger partial charge in [-0.2, -0.15) is 0 Å². The van der Waals surface area contributed by atoms with E-state index in [1.807, 2.05) is 30.3 Å². The molecular formula is C28H32FN3O5. The minimum atomic E-state index is -2.02. The fourth-order valence-corrected chi connectivity index (χ4v) is 4.47. The van der Waals surface area contributed by atoms with Gasteiger partial charge >= 0.3 is 0 Å². The number of carbonyl (C=O) groups excluding carboxylic acids is 3. The molecule has 37 heavy (non-hydrogen) atoms. The Bertz CT molecular complexity index is 1180. The van der Waals surface area contributed by atoms with Gasteiger partial charge in [0.2, 0.25) is 11.7 Å². The molecule has 2 amide bonds. The maximum atomic E-state index is 15.6. The number of oxazole rings is 1. The number of hydrogen-bond donors (Lipinski definition) is 1. The van der Waals surface area contributed by atoms with Crippen LogP contribution in [0.2, 0.25) is 0 Å². The minimum absolute atomic E-state index is 0.116. The van der Waals surface area contributed by atoms with Crippen LogP contribution in [0.4, 0.5) is 4.39 Å². The number of Topliss-reactive ketones (excluding diaryl/α,β-unsaturated/α-hetero) is 1. The van der Waals surface area contributed by atoms with Crippen LogP contribution in [-0.4, -0.2) is 66.0 Å². The van der Waals surface area contributed by atoms with Gasteiger partial charge in [-0.3, -0.25) is 14.4 Å². The van der Waals surface area contributed by atoms with Crippen molar-refractivity contribution in [2.75, 3.05) is 26.3 Å². The molecule has 4 rings (SSSR count). The van der Waals surface area contributed by atoms with Crippen LogP contribution in [-0.2, 0) is 20.7 Å². The standard InChI is InChI=1S/C28H32FN3O5/c1-2-21(25(33)27-31-22-13-6-7-14-23(22)37-27)30-26(34)20(12-8-11-19-9-4-3-5-10-19)24(29)28(35)32-15-17-36-18-16-32/h3-7,9-10,13-14,20-21,24H,2,8,11-12,15-18H2,1H3,(H,30,34)/t20?,21?,24-/m0/s1. The second kappa shape index (κ2) is 12.6. The van der Waals surface area contributed by atoms with Crippen molar-refractivity contribution < 1.29 is 27.9 Å². The summed E-state index contributed by atoms with van der Waals surface area (Å²) in [5.41, 5.74) is 2.06. The van der Waals surface area contributed by atoms with Crippen LogP contribution in [0.5, 0.6) is 0 Å². The SMILES string of the molecule is CCC(NC(=O)C(CCCc1ccccc1)[C@H](F)C(=O)N1CCOCC1)C(=O)c1nc2ccccc2o1. The molecule has 0 spiro atoms. The van der Waals surface area contributed by atoms with Crippen molar-refractivity contribution in [2.45, 2.75) is 44.8 Å². The molecule has 1 aliphatic heterocycles. The summed E-state index contributed by atoms with van der Waals surface area (Å²) >= 11 is 0. The number of nitrogens with zero attached hydrogens (tertiary/aromatic N) is 2. The van der Waals surface area contributed by atoms with Crippen LogP contribution in [0.1, 0.15) is 42.4 Å². The molecule has 8 nitrogen and oxygen atoms in total. The second-order valence-electron chi connectivity index (χ2n) is 9.14. The lowest BCUT2D eigenvalue weighted by molar-refractivity contribution is -0.146. The van der Waals surface area contributed by atoms with Crippen molar-refractivity contribution in [3.63, 3.8) is 0 Å². The summed E-state index contributed by atoms with van der Waals surface area (Å²) < 4.78 is 26.5. The van der Waals surface area contributed by atoms with E-state index in [4.69, 9.17) is 9.15 Å². The number of morpholine rings is 1. The molecule has 1 aliphatic rings. The molecule has 3 aromatic rings. The van der Waals surface area contributed by atoms with Crippen LogP contribution in [0, 0.1) is 5.92 Å². The number of rotatable bonds is 11. The van der Waals surface area contributed by atoms with Gasteiger partial charge < -0.3 is 19.4 Å². The molecule has 3 atom stereocenters. The number of nitrogens with one attached hydrogen (secondary N) is 1. The molecule has 196 valence electrons. The topological polar surface area (TPSA) is 102 Å². The van der Waals surface area contributed by atoms with Crippen LogP contribution in [0.25, 0.3) is 11.1 Å². The predicted molar refractivity (Wildman–Crippen MR) is 136 cm³/mol. The lowest BCUT2D eigenvalue weighted by Gasteiger charge is -2.30. The third kappa shape index (κ3) is 6.60. The van der Waals surface area contributed by atoms with Crippen LogP contribution >= 0.6 is 0 Å². The highest BCUT2D eigenvalue weighted by molar-refractivity contribution is 6.00. The molecular weight excluding hydrogens is 477 g/mol. The first-order valence-electron chi connectivity index (χ1n) is 12.7. The normalized spacial score (nSPS) is 16.2. The van der Waals surface area contributed by atoms with E-state index in [0.717, 1.165) is 5.56 Å². The second-order valence-corrected chi connectivity index (χ2v) is 9.14. The summed E-state index contributed by atoms with van der Waals surface area (Å²) in [7, 11) is 0. The third-order valence-electron chi connectivity index (χ3n) is 6.62. The number of para-hydroxylation sites is 2. The Labute approximate surface area is 215 Å². The molecule has 9 heteroatoms. The molecule has 0 saturated carbocycles. The number of carbonyl (C=O) groups is 3. The van der Waals surface area contributed by atoms with Crippen molar-refractivity contribution in [1.82, 2.24) is 15.2 Å². The van der Waals surface area contributed by atoms with Crippen LogP contribution in [0.3, 0.4) is 0 Å². The largest absolute Gasteiger partial charge is 0.434 e. The van der Waals surface area contributed by atoms with Gasteiger partial charge in [0.1, 0.15) is 5.52 Å². The van der Waals surface area contributed by atoms with E-state index in [0.29, 0.717) is 37.2 Å². The average Bonchev–Trinajstić information content (AvgIpc) is 3.38. The van der Waals surface area contributed by atoms with Gasteiger partial charge in [-0.05, 0) is 43.4 Å². The van der Waals surface area contributed by atoms with Crippen molar-refractivity contribution in [3.05, 3.63) is 66.1 Å². The van der Waals surface area contributed by atoms with Crippen molar-refractivity contribution in [3.8, 4) is 0 Å². The Morgan fingerprint density at radius 1 is 1.05 bits per heavy atom. The highest BCUT2D eigenvalue weighted by Crippen LogP contribution is 2.22. The quantitative estimate of drug-likeness (QED) is 0.395. The first-order valence-corrected chi connectivity index (χ1v) is 12.7. The predicted octanol–water partition coefficient (Wildman–Crippen LogP) is 3.74. The van der Waals surface area contributed by atoms with E-state index < -0.39 is 35.7 Å². The van der Waals surface area contributed by atoms with Gasteiger partial charge in [0.05, 0.1) is 25.2 Å². The molecule has 2 aromatic carbocycles. The fourth-order valence-electron chi connectivity index (χ4n) is 4.47. The molecule has 1 saturated heterocycles. The van der Waals surface area contributed by atoms with E-state index >= 15 is 4.39 Å². The molecule has 0 bridgehead atoms. The number of aromatic nitrogens is 1. The Balaban J connectivity index is 1.47. The molecule has 1 fully saturated rings. The number of fused-ring (bicyclic) bond motifs is 1. The van der Waals surface area contributed by atoms with Crippen molar-refractivity contribution in [2.24, 2.45) is 5.92 Å². The number of alkyl halides is 1. The van der Waals surface area contributed by atoms with Crippen molar-refractivity contribution in [1.29, 1.82) is 0 Å². The van der Waals surface area contributed by atoms with Gasteiger partial charge in [0, 0.05) is 13.1 Å². The number of ketones is 1. The van der Waals surface area contributed by atoms with E-state index in [2.05, 4.69) is 10.3 Å². The monoisotopic (exact) mass is 509 g/mol. The number of halogens is 1. The van der Waals surface area contributed by atoms with Gasteiger partial charge in [0.15, 0.2) is 11.8 Å². The first kappa shape index (κ1) is 26.5.